The van der Waals surface area contributed by atoms with E-state index in [1.165, 1.54) is 13.0 Å². The third-order valence-electron chi connectivity index (χ3n) is 2.27. The Morgan fingerprint density at radius 3 is 2.56 bits per heavy atom. The zero-order valence-corrected chi connectivity index (χ0v) is 9.93. The molecule has 0 fully saturated rings. The van der Waals surface area contributed by atoms with Crippen molar-refractivity contribution in [3.05, 3.63) is 23.0 Å². The Morgan fingerprint density at radius 1 is 1.44 bits per heavy atom. The van der Waals surface area contributed by atoms with Gasteiger partial charge in [-0.25, -0.2) is 4.79 Å². The average molecular weight is 262 g/mol. The van der Waals surface area contributed by atoms with Gasteiger partial charge in [0.25, 0.3) is 0 Å². The smallest absolute Gasteiger partial charge is 0.390 e. The van der Waals surface area contributed by atoms with Crippen LogP contribution < -0.4 is 5.32 Å². The zero-order chi connectivity index (χ0) is 13.9. The molecule has 18 heavy (non-hydrogen) atoms. The topological polar surface area (TPSA) is 62.2 Å². The van der Waals surface area contributed by atoms with Crippen LogP contribution >= 0.6 is 0 Å². The summed E-state index contributed by atoms with van der Waals surface area (Å²) in [6.07, 6.45) is -5.29. The molecule has 0 saturated carbocycles. The molecule has 0 amide bonds. The van der Waals surface area contributed by atoms with E-state index in [0.29, 0.717) is 5.69 Å². The minimum atomic E-state index is -4.27. The number of hydrogen-bond donors (Lipinski definition) is 2. The maximum atomic E-state index is 12.0. The highest BCUT2D eigenvalue weighted by molar-refractivity contribution is 5.95. The highest BCUT2D eigenvalue weighted by Gasteiger charge is 2.26. The Hall–Kier alpha value is -1.79. The van der Waals surface area contributed by atoms with Crippen molar-refractivity contribution in [2.75, 3.05) is 11.9 Å². The van der Waals surface area contributed by atoms with E-state index in [1.54, 1.807) is 6.92 Å². The molecule has 0 radical (unpaired) electrons. The number of halogens is 3. The Morgan fingerprint density at radius 2 is 2.06 bits per heavy atom. The molecule has 0 saturated heterocycles. The van der Waals surface area contributed by atoms with Gasteiger partial charge in [0.1, 0.15) is 5.56 Å². The monoisotopic (exact) mass is 262 g/mol. The zero-order valence-electron chi connectivity index (χ0n) is 9.93. The van der Waals surface area contributed by atoms with Crippen LogP contribution in [0, 0.1) is 13.8 Å². The molecule has 1 aromatic rings. The molecular weight excluding hydrogens is 249 g/mol. The number of nitrogens with one attached hydrogen (secondary N) is 1. The second kappa shape index (κ2) is 5.24. The second-order valence-corrected chi connectivity index (χ2v) is 3.87. The van der Waals surface area contributed by atoms with Crippen LogP contribution in [-0.4, -0.2) is 28.8 Å². The van der Waals surface area contributed by atoms with Crippen LogP contribution in [0.25, 0.3) is 0 Å². The van der Waals surface area contributed by atoms with Crippen molar-refractivity contribution in [3.63, 3.8) is 0 Å². The van der Waals surface area contributed by atoms with Gasteiger partial charge >= 0.3 is 12.1 Å². The van der Waals surface area contributed by atoms with E-state index in [1.807, 2.05) is 0 Å². The van der Waals surface area contributed by atoms with E-state index in [0.717, 1.165) is 0 Å². The molecule has 0 aromatic carbocycles. The number of aryl methyl sites for hydroxylation is 2. The van der Waals surface area contributed by atoms with Crippen LogP contribution in [-0.2, 0) is 0 Å². The van der Waals surface area contributed by atoms with Crippen LogP contribution in [0.15, 0.2) is 6.07 Å². The standard InChI is InChI=1S/C11H13F3N2O2/c1-6-5-8(15-4-3-11(12,13)14)9(10(17)18)7(2)16-6/h5H,3-4H2,1-2H3,(H,15,16)(H,17,18). The summed E-state index contributed by atoms with van der Waals surface area (Å²) >= 11 is 0. The summed E-state index contributed by atoms with van der Waals surface area (Å²) in [7, 11) is 0. The number of rotatable bonds is 4. The average Bonchev–Trinajstić information content (AvgIpc) is 2.13. The third-order valence-corrected chi connectivity index (χ3v) is 2.27. The lowest BCUT2D eigenvalue weighted by molar-refractivity contribution is -0.131. The van der Waals surface area contributed by atoms with Gasteiger partial charge in [0.05, 0.1) is 17.8 Å². The maximum Gasteiger partial charge on any atom is 0.390 e. The number of hydrogen-bond acceptors (Lipinski definition) is 3. The van der Waals surface area contributed by atoms with E-state index in [-0.39, 0.29) is 23.5 Å². The van der Waals surface area contributed by atoms with Gasteiger partial charge < -0.3 is 10.4 Å². The summed E-state index contributed by atoms with van der Waals surface area (Å²) < 4.78 is 36.0. The molecule has 1 aromatic heterocycles. The summed E-state index contributed by atoms with van der Waals surface area (Å²) in [6, 6.07) is 1.42. The van der Waals surface area contributed by atoms with Crippen molar-refractivity contribution in [1.29, 1.82) is 0 Å². The second-order valence-electron chi connectivity index (χ2n) is 3.87. The van der Waals surface area contributed by atoms with Crippen LogP contribution in [0.2, 0.25) is 0 Å². The van der Waals surface area contributed by atoms with Gasteiger partial charge in [0, 0.05) is 12.2 Å². The van der Waals surface area contributed by atoms with Crippen molar-refractivity contribution >= 4 is 11.7 Å². The molecule has 4 nitrogen and oxygen atoms in total. The number of pyridine rings is 1. The molecule has 100 valence electrons. The first-order valence-electron chi connectivity index (χ1n) is 5.23. The largest absolute Gasteiger partial charge is 0.478 e. The molecule has 0 aliphatic carbocycles. The first-order chi connectivity index (χ1) is 8.20. The SMILES string of the molecule is Cc1cc(NCCC(F)(F)F)c(C(=O)O)c(C)n1. The molecule has 0 atom stereocenters. The fraction of sp³-hybridized carbons (Fsp3) is 0.455. The summed E-state index contributed by atoms with van der Waals surface area (Å²) in [5, 5.41) is 11.5. The summed E-state index contributed by atoms with van der Waals surface area (Å²) in [5.74, 6) is -1.21. The van der Waals surface area contributed by atoms with Gasteiger partial charge in [0.2, 0.25) is 0 Å². The fourth-order valence-electron chi connectivity index (χ4n) is 1.58. The fourth-order valence-corrected chi connectivity index (χ4v) is 1.58. The maximum absolute atomic E-state index is 12.0. The number of alkyl halides is 3. The van der Waals surface area contributed by atoms with Crippen molar-refractivity contribution < 1.29 is 23.1 Å². The Balaban J connectivity index is 2.90. The molecule has 0 spiro atoms. The Labute approximate surface area is 102 Å². The molecule has 0 aliphatic rings. The molecule has 1 heterocycles. The Kier molecular flexibility index (Phi) is 4.15. The number of aromatic nitrogens is 1. The molecular formula is C11H13F3N2O2. The number of nitrogens with zero attached hydrogens (tertiary/aromatic N) is 1. The summed E-state index contributed by atoms with van der Waals surface area (Å²) in [5.41, 5.74) is 0.892. The van der Waals surface area contributed by atoms with Crippen LogP contribution in [0.1, 0.15) is 28.2 Å². The third kappa shape index (κ3) is 3.90. The Bertz CT molecular complexity index is 458. The highest BCUT2D eigenvalue weighted by Crippen LogP contribution is 2.22. The molecule has 1 rings (SSSR count). The number of carboxylic acids is 1. The quantitative estimate of drug-likeness (QED) is 0.875. The van der Waals surface area contributed by atoms with E-state index in [9.17, 15) is 18.0 Å². The van der Waals surface area contributed by atoms with Crippen LogP contribution in [0.4, 0.5) is 18.9 Å². The first kappa shape index (κ1) is 14.3. The van der Waals surface area contributed by atoms with Gasteiger partial charge in [0.15, 0.2) is 0 Å². The lowest BCUT2D eigenvalue weighted by Crippen LogP contribution is -2.17. The van der Waals surface area contributed by atoms with Crippen molar-refractivity contribution in [1.82, 2.24) is 4.98 Å². The molecule has 0 unspecified atom stereocenters. The highest BCUT2D eigenvalue weighted by atomic mass is 19.4. The van der Waals surface area contributed by atoms with E-state index >= 15 is 0 Å². The summed E-state index contributed by atoms with van der Waals surface area (Å²) in [6.45, 7) is 2.78. The lowest BCUT2D eigenvalue weighted by atomic mass is 10.1. The van der Waals surface area contributed by atoms with E-state index in [2.05, 4.69) is 10.3 Å². The van der Waals surface area contributed by atoms with Gasteiger partial charge in [-0.05, 0) is 19.9 Å². The normalized spacial score (nSPS) is 11.4. The lowest BCUT2D eigenvalue weighted by Gasteiger charge is -2.13. The molecule has 7 heteroatoms. The van der Waals surface area contributed by atoms with Gasteiger partial charge in [-0.15, -0.1) is 0 Å². The number of aromatic carboxylic acids is 1. The van der Waals surface area contributed by atoms with Crippen LogP contribution in [0.3, 0.4) is 0 Å². The van der Waals surface area contributed by atoms with Crippen LogP contribution in [0.5, 0.6) is 0 Å². The number of anilines is 1. The minimum absolute atomic E-state index is 0.0947. The van der Waals surface area contributed by atoms with E-state index in [4.69, 9.17) is 5.11 Å². The predicted molar refractivity (Wildman–Crippen MR) is 59.8 cm³/mol. The van der Waals surface area contributed by atoms with Gasteiger partial charge in [-0.2, -0.15) is 13.2 Å². The van der Waals surface area contributed by atoms with Gasteiger partial charge in [-0.1, -0.05) is 0 Å². The summed E-state index contributed by atoms with van der Waals surface area (Å²) in [4.78, 5) is 15.0. The predicted octanol–water partition coefficient (Wildman–Crippen LogP) is 2.76. The van der Waals surface area contributed by atoms with Gasteiger partial charge in [-0.3, -0.25) is 4.98 Å². The van der Waals surface area contributed by atoms with Crippen molar-refractivity contribution in [2.24, 2.45) is 0 Å². The first-order valence-corrected chi connectivity index (χ1v) is 5.23. The molecule has 0 bridgehead atoms. The molecule has 2 N–H and O–H groups in total. The van der Waals surface area contributed by atoms with Crippen molar-refractivity contribution in [3.8, 4) is 0 Å². The number of carboxylic acid groups (broad SMARTS) is 1. The molecule has 0 aliphatic heterocycles. The van der Waals surface area contributed by atoms with E-state index < -0.39 is 18.6 Å². The van der Waals surface area contributed by atoms with Crippen molar-refractivity contribution in [2.45, 2.75) is 26.4 Å². The number of carbonyl (C=O) groups is 1. The minimum Gasteiger partial charge on any atom is -0.478 e.